The predicted molar refractivity (Wildman–Crippen MR) is 256 cm³/mol. The molecule has 10 unspecified atom stereocenters. The van der Waals surface area contributed by atoms with Crippen LogP contribution in [0.4, 0.5) is 0 Å². The summed E-state index contributed by atoms with van der Waals surface area (Å²) in [6.07, 6.45) is 14.8. The highest BCUT2D eigenvalue weighted by Crippen LogP contribution is 2.44. The first kappa shape index (κ1) is 40.8. The second kappa shape index (κ2) is 16.4. The molecule has 9 heterocycles. The summed E-state index contributed by atoms with van der Waals surface area (Å²) in [4.78, 5) is 44.4. The standard InChI is InChI=1S/C19H18N2O2.C19H20N2O.C19H20N2/c22-17-5-6-18(23)15-10-21-9-12-7-11-3-1-2-4-13(11)19(20-12)16(21)8-14(15)17;22-18-7-3-5-13-10-21-11-14-8-12-4-1-2-6-15(12)19(20-14)17(21)9-16(13)18;1-2-7-15-11-21-12-16-9-14-6-3-4-8-17(14)19(20-16)18(21)10-13(15)5-1/h1-6,12,16,19-20H,7-10H2;1-7,14,16-17,19-20H,8-11H2;1-8,16,18-20H,9-12H2. The van der Waals surface area contributed by atoms with E-state index in [1.807, 2.05) is 6.08 Å². The minimum atomic E-state index is 0.0159. The Morgan fingerprint density at radius 3 is 1.50 bits per heavy atom. The molecule has 0 spiro atoms. The summed E-state index contributed by atoms with van der Waals surface area (Å²) >= 11 is 0. The topological polar surface area (TPSA) is 97.0 Å². The lowest BCUT2D eigenvalue weighted by molar-refractivity contribution is -0.119. The molecule has 4 aromatic carbocycles. The number of piperazine rings is 3. The zero-order valence-corrected chi connectivity index (χ0v) is 37.4. The van der Waals surface area contributed by atoms with E-state index in [1.165, 1.54) is 70.5 Å². The minimum Gasteiger partial charge on any atom is -0.304 e. The number of hydrogen-bond acceptors (Lipinski definition) is 9. The highest BCUT2D eigenvalue weighted by molar-refractivity contribution is 6.20. The molecule has 3 N–H and O–H groups in total. The van der Waals surface area contributed by atoms with Crippen molar-refractivity contribution in [3.8, 4) is 0 Å². The van der Waals surface area contributed by atoms with Crippen molar-refractivity contribution in [2.45, 2.75) is 99.4 Å². The van der Waals surface area contributed by atoms with E-state index in [-0.39, 0.29) is 29.6 Å². The first-order chi connectivity index (χ1) is 32.4. The van der Waals surface area contributed by atoms with Crippen LogP contribution in [0.25, 0.3) is 0 Å². The van der Waals surface area contributed by atoms with Crippen molar-refractivity contribution in [1.29, 1.82) is 0 Å². The fourth-order valence-electron chi connectivity index (χ4n) is 14.0. The molecule has 6 bridgehead atoms. The molecule has 0 saturated carbocycles. The summed E-state index contributed by atoms with van der Waals surface area (Å²) in [5, 5.41) is 11.5. The normalized spacial score (nSPS) is 33.0. The van der Waals surface area contributed by atoms with Gasteiger partial charge in [0.25, 0.3) is 0 Å². The van der Waals surface area contributed by atoms with Crippen LogP contribution in [0, 0.1) is 5.92 Å². The van der Waals surface area contributed by atoms with Crippen LogP contribution >= 0.6 is 0 Å². The summed E-state index contributed by atoms with van der Waals surface area (Å²) < 4.78 is 0. The number of hydrogen-bond donors (Lipinski definition) is 3. The number of benzene rings is 4. The molecule has 11 aliphatic rings. The lowest BCUT2D eigenvalue weighted by Gasteiger charge is -2.53. The van der Waals surface area contributed by atoms with E-state index < -0.39 is 0 Å². The average molecular weight is 875 g/mol. The van der Waals surface area contributed by atoms with Gasteiger partial charge in [0.15, 0.2) is 17.3 Å². The molecule has 4 aromatic rings. The van der Waals surface area contributed by atoms with Crippen LogP contribution in [-0.4, -0.2) is 101 Å². The average Bonchev–Trinajstić information content (AvgIpc) is 3.34. The third-order valence-electron chi connectivity index (χ3n) is 17.0. The van der Waals surface area contributed by atoms with Crippen molar-refractivity contribution in [2.75, 3.05) is 32.7 Å². The van der Waals surface area contributed by atoms with E-state index in [2.05, 4.69) is 134 Å². The van der Waals surface area contributed by atoms with E-state index in [9.17, 15) is 14.4 Å². The lowest BCUT2D eigenvalue weighted by Crippen LogP contribution is -2.63. The van der Waals surface area contributed by atoms with Gasteiger partial charge < -0.3 is 16.0 Å². The molecular weight excluding hydrogens is 817 g/mol. The van der Waals surface area contributed by atoms with E-state index in [4.69, 9.17) is 0 Å². The molecule has 9 aliphatic heterocycles. The number of carbonyl (C=O) groups excluding carboxylic acids is 3. The number of ketones is 3. The van der Waals surface area contributed by atoms with Crippen molar-refractivity contribution < 1.29 is 14.4 Å². The molecule has 0 radical (unpaired) electrons. The Kier molecular flexibility index (Phi) is 10.2. The van der Waals surface area contributed by atoms with Gasteiger partial charge in [-0.1, -0.05) is 109 Å². The van der Waals surface area contributed by atoms with Crippen molar-refractivity contribution in [1.82, 2.24) is 30.7 Å². The van der Waals surface area contributed by atoms with Gasteiger partial charge in [-0.05, 0) is 107 Å². The number of rotatable bonds is 0. The smallest absolute Gasteiger partial charge is 0.183 e. The third kappa shape index (κ3) is 7.09. The Balaban J connectivity index is 0.0000000989. The molecular formula is C57H58N6O3. The Bertz CT molecular complexity index is 2790. The maximum absolute atomic E-state index is 12.3. The number of allylic oxidation sites excluding steroid dienone is 5. The fourth-order valence-corrected chi connectivity index (χ4v) is 14.0. The van der Waals surface area contributed by atoms with Gasteiger partial charge >= 0.3 is 0 Å². The Hall–Kier alpha value is -5.39. The molecule has 9 nitrogen and oxygen atoms in total. The second-order valence-electron chi connectivity index (χ2n) is 20.7. The SMILES string of the molecule is O=C1C=CC(=O)C2=C1CC1C3NC(Cc4ccccc43)CN1C2.O=C1C=CC=C2CN3CC4Cc5ccccc5C(N4)C3CC12.c1ccc2c(c1)CC1C3NC(Cc4ccccc43)CN1C2. The van der Waals surface area contributed by atoms with Gasteiger partial charge in [0.05, 0.1) is 0 Å². The highest BCUT2D eigenvalue weighted by Gasteiger charge is 2.48. The lowest BCUT2D eigenvalue weighted by atomic mass is 9.74. The minimum absolute atomic E-state index is 0.0159. The van der Waals surface area contributed by atoms with Crippen LogP contribution in [-0.2, 0) is 46.6 Å². The van der Waals surface area contributed by atoms with Gasteiger partial charge in [0, 0.05) is 111 Å². The van der Waals surface area contributed by atoms with Gasteiger partial charge in [-0.2, -0.15) is 0 Å². The van der Waals surface area contributed by atoms with E-state index >= 15 is 0 Å². The number of nitrogens with one attached hydrogen (secondary N) is 3. The summed E-state index contributed by atoms with van der Waals surface area (Å²) in [6.45, 7) is 5.92. The van der Waals surface area contributed by atoms with Crippen molar-refractivity contribution in [3.05, 3.63) is 189 Å². The zero-order chi connectivity index (χ0) is 44.0. The van der Waals surface area contributed by atoms with Gasteiger partial charge in [-0.25, -0.2) is 0 Å². The predicted octanol–water partition coefficient (Wildman–Crippen LogP) is 6.03. The molecule has 15 rings (SSSR count). The van der Waals surface area contributed by atoms with E-state index in [0.29, 0.717) is 61.0 Å². The van der Waals surface area contributed by atoms with Gasteiger partial charge in [0.1, 0.15) is 0 Å². The van der Waals surface area contributed by atoms with Crippen molar-refractivity contribution in [3.63, 3.8) is 0 Å². The number of nitrogens with zero attached hydrogens (tertiary/aromatic N) is 3. The number of carbonyl (C=O) groups is 3. The molecule has 0 aromatic heterocycles. The maximum Gasteiger partial charge on any atom is 0.183 e. The molecule has 9 heteroatoms. The third-order valence-corrected chi connectivity index (χ3v) is 17.0. The van der Waals surface area contributed by atoms with Gasteiger partial charge in [-0.3, -0.25) is 29.1 Å². The van der Waals surface area contributed by atoms with Gasteiger partial charge in [-0.15, -0.1) is 0 Å². The molecule has 10 atom stereocenters. The molecule has 0 amide bonds. The van der Waals surface area contributed by atoms with E-state index in [0.717, 1.165) is 56.6 Å². The first-order valence-corrected chi connectivity index (χ1v) is 24.6. The summed E-state index contributed by atoms with van der Waals surface area (Å²) in [6, 6.07) is 39.5. The monoisotopic (exact) mass is 874 g/mol. The first-order valence-electron chi connectivity index (χ1n) is 24.6. The summed E-state index contributed by atoms with van der Waals surface area (Å²) in [5.41, 5.74) is 14.7. The Morgan fingerprint density at radius 2 is 0.909 bits per heavy atom. The number of fused-ring (bicyclic) bond motifs is 20. The van der Waals surface area contributed by atoms with Crippen molar-refractivity contribution in [2.24, 2.45) is 5.92 Å². The zero-order valence-electron chi connectivity index (χ0n) is 37.4. The van der Waals surface area contributed by atoms with Crippen LogP contribution in [0.15, 0.2) is 144 Å². The highest BCUT2D eigenvalue weighted by atomic mass is 16.1. The van der Waals surface area contributed by atoms with E-state index in [1.54, 1.807) is 17.2 Å². The van der Waals surface area contributed by atoms with Crippen LogP contribution in [0.3, 0.4) is 0 Å². The molecule has 4 saturated heterocycles. The Labute approximate surface area is 387 Å². The summed E-state index contributed by atoms with van der Waals surface area (Å²) in [5.74, 6) is 0.440. The number of piperidine rings is 1. The van der Waals surface area contributed by atoms with Crippen LogP contribution in [0.2, 0.25) is 0 Å². The van der Waals surface area contributed by atoms with Crippen molar-refractivity contribution >= 4 is 17.3 Å². The Morgan fingerprint density at radius 1 is 0.439 bits per heavy atom. The fraction of sp³-hybridized carbons (Fsp3) is 0.386. The van der Waals surface area contributed by atoms with Gasteiger partial charge in [0.2, 0.25) is 0 Å². The van der Waals surface area contributed by atoms with Crippen LogP contribution in [0.5, 0.6) is 0 Å². The maximum atomic E-state index is 12.3. The van der Waals surface area contributed by atoms with Crippen LogP contribution < -0.4 is 16.0 Å². The van der Waals surface area contributed by atoms with Crippen LogP contribution in [0.1, 0.15) is 75.5 Å². The largest absolute Gasteiger partial charge is 0.304 e. The molecule has 4 fully saturated rings. The summed E-state index contributed by atoms with van der Waals surface area (Å²) in [7, 11) is 0. The molecule has 66 heavy (non-hydrogen) atoms. The second-order valence-corrected chi connectivity index (χ2v) is 20.7. The molecule has 334 valence electrons. The quantitative estimate of drug-likeness (QED) is 0.183. The molecule has 2 aliphatic carbocycles.